The monoisotopic (exact) mass is 299 g/mol. The van der Waals surface area contributed by atoms with Crippen LogP contribution < -0.4 is 5.32 Å². The summed E-state index contributed by atoms with van der Waals surface area (Å²) in [4.78, 5) is 20.7. The molecule has 4 rings (SSSR count). The van der Waals surface area contributed by atoms with Gasteiger partial charge >= 0.3 is 0 Å². The number of nitrogens with zero attached hydrogens (tertiary/aromatic N) is 3. The fraction of sp³-hybridized carbons (Fsp3) is 0.286. The molecule has 21 heavy (non-hydrogen) atoms. The van der Waals surface area contributed by atoms with Gasteiger partial charge in [-0.05, 0) is 25.0 Å². The standard InChI is InChI=1S/C14H13N5OS/c20-14(13-17-12(18-19-13)8-5-6-8)15-7-11-16-9-3-1-2-4-10(9)21-11/h1-4,8H,5-7H2,(H,15,20)(H,17,18,19). The molecule has 0 aliphatic heterocycles. The van der Waals surface area contributed by atoms with E-state index in [0.29, 0.717) is 12.5 Å². The van der Waals surface area contributed by atoms with Crippen LogP contribution in [0.5, 0.6) is 0 Å². The Morgan fingerprint density at radius 3 is 3.00 bits per heavy atom. The highest BCUT2D eigenvalue weighted by Crippen LogP contribution is 2.37. The number of amides is 1. The van der Waals surface area contributed by atoms with Crippen molar-refractivity contribution < 1.29 is 4.79 Å². The Labute approximate surface area is 124 Å². The molecule has 2 heterocycles. The van der Waals surface area contributed by atoms with Crippen LogP contribution in [0.3, 0.4) is 0 Å². The third kappa shape index (κ3) is 2.52. The number of nitrogens with one attached hydrogen (secondary N) is 2. The summed E-state index contributed by atoms with van der Waals surface area (Å²) in [5.41, 5.74) is 0.959. The van der Waals surface area contributed by atoms with E-state index in [9.17, 15) is 4.79 Å². The van der Waals surface area contributed by atoms with E-state index in [1.54, 1.807) is 11.3 Å². The quantitative estimate of drug-likeness (QED) is 0.773. The van der Waals surface area contributed by atoms with Crippen molar-refractivity contribution in [2.75, 3.05) is 0 Å². The molecule has 2 aromatic heterocycles. The van der Waals surface area contributed by atoms with E-state index in [2.05, 4.69) is 25.5 Å². The van der Waals surface area contributed by atoms with Crippen molar-refractivity contribution in [2.24, 2.45) is 0 Å². The number of aromatic amines is 1. The number of hydrogen-bond acceptors (Lipinski definition) is 5. The van der Waals surface area contributed by atoms with Crippen molar-refractivity contribution in [3.63, 3.8) is 0 Å². The number of para-hydroxylation sites is 1. The molecule has 2 N–H and O–H groups in total. The predicted molar refractivity (Wildman–Crippen MR) is 79.1 cm³/mol. The number of H-pyrrole nitrogens is 1. The fourth-order valence-electron chi connectivity index (χ4n) is 2.15. The summed E-state index contributed by atoms with van der Waals surface area (Å²) in [5.74, 6) is 1.22. The number of hydrogen-bond donors (Lipinski definition) is 2. The Balaban J connectivity index is 1.44. The van der Waals surface area contributed by atoms with Crippen molar-refractivity contribution >= 4 is 27.5 Å². The molecule has 1 aromatic carbocycles. The van der Waals surface area contributed by atoms with Gasteiger partial charge in [-0.15, -0.1) is 16.4 Å². The van der Waals surface area contributed by atoms with Crippen molar-refractivity contribution in [1.29, 1.82) is 0 Å². The summed E-state index contributed by atoms with van der Waals surface area (Å²) < 4.78 is 1.12. The largest absolute Gasteiger partial charge is 0.343 e. The van der Waals surface area contributed by atoms with E-state index in [-0.39, 0.29) is 11.7 Å². The topological polar surface area (TPSA) is 83.6 Å². The predicted octanol–water partition coefficient (Wildman–Crippen LogP) is 2.22. The van der Waals surface area contributed by atoms with Crippen LogP contribution in [0.1, 0.15) is 40.2 Å². The second kappa shape index (κ2) is 4.92. The molecule has 0 spiro atoms. The first-order valence-electron chi connectivity index (χ1n) is 6.84. The van der Waals surface area contributed by atoms with Crippen LogP contribution in [-0.4, -0.2) is 26.1 Å². The molecule has 3 aromatic rings. The lowest BCUT2D eigenvalue weighted by Crippen LogP contribution is -2.23. The van der Waals surface area contributed by atoms with Crippen LogP contribution in [0.2, 0.25) is 0 Å². The molecule has 1 amide bonds. The van der Waals surface area contributed by atoms with Gasteiger partial charge in [0.15, 0.2) is 0 Å². The average molecular weight is 299 g/mol. The number of carbonyl (C=O) groups is 1. The number of carbonyl (C=O) groups excluding carboxylic acids is 1. The van der Waals surface area contributed by atoms with E-state index in [4.69, 9.17) is 0 Å². The van der Waals surface area contributed by atoms with Crippen LogP contribution >= 0.6 is 11.3 Å². The Kier molecular flexibility index (Phi) is 2.92. The van der Waals surface area contributed by atoms with Gasteiger partial charge in [0.1, 0.15) is 10.8 Å². The van der Waals surface area contributed by atoms with Gasteiger partial charge in [-0.2, -0.15) is 0 Å². The first-order valence-corrected chi connectivity index (χ1v) is 7.66. The first kappa shape index (κ1) is 12.5. The molecule has 0 radical (unpaired) electrons. The van der Waals surface area contributed by atoms with Crippen LogP contribution in [0, 0.1) is 0 Å². The summed E-state index contributed by atoms with van der Waals surface area (Å²) in [5, 5.41) is 10.5. The number of fused-ring (bicyclic) bond motifs is 1. The van der Waals surface area contributed by atoms with E-state index >= 15 is 0 Å². The van der Waals surface area contributed by atoms with E-state index < -0.39 is 0 Å². The van der Waals surface area contributed by atoms with Gasteiger partial charge < -0.3 is 5.32 Å². The molecule has 1 saturated carbocycles. The maximum Gasteiger partial charge on any atom is 0.291 e. The lowest BCUT2D eigenvalue weighted by Gasteiger charge is -1.98. The van der Waals surface area contributed by atoms with E-state index in [1.165, 1.54) is 0 Å². The fourth-order valence-corrected chi connectivity index (χ4v) is 3.05. The third-order valence-corrected chi connectivity index (χ3v) is 4.44. The molecular weight excluding hydrogens is 286 g/mol. The van der Waals surface area contributed by atoms with Crippen LogP contribution in [0.25, 0.3) is 10.2 Å². The average Bonchev–Trinajstić information content (AvgIpc) is 3.09. The molecule has 0 saturated heterocycles. The van der Waals surface area contributed by atoms with Gasteiger partial charge in [-0.1, -0.05) is 12.1 Å². The summed E-state index contributed by atoms with van der Waals surface area (Å²) in [7, 11) is 0. The number of rotatable bonds is 4. The molecule has 106 valence electrons. The zero-order valence-electron chi connectivity index (χ0n) is 11.2. The normalized spacial score (nSPS) is 14.5. The minimum absolute atomic E-state index is 0.206. The summed E-state index contributed by atoms with van der Waals surface area (Å²) in [6.07, 6.45) is 2.25. The first-order chi connectivity index (χ1) is 10.3. The van der Waals surface area contributed by atoms with Crippen LogP contribution in [-0.2, 0) is 6.54 Å². The zero-order chi connectivity index (χ0) is 14.2. The molecule has 0 atom stereocenters. The molecular formula is C14H13N5OS. The minimum Gasteiger partial charge on any atom is -0.343 e. The molecule has 0 bridgehead atoms. The van der Waals surface area contributed by atoms with Crippen LogP contribution in [0.4, 0.5) is 0 Å². The maximum atomic E-state index is 12.0. The minimum atomic E-state index is -0.266. The number of benzene rings is 1. The zero-order valence-corrected chi connectivity index (χ0v) is 12.0. The SMILES string of the molecule is O=C(NCc1nc2ccccc2s1)c1n[nH]c(C2CC2)n1. The number of thiazole rings is 1. The molecule has 0 unspecified atom stereocenters. The lowest BCUT2D eigenvalue weighted by molar-refractivity contribution is 0.0941. The van der Waals surface area contributed by atoms with Gasteiger partial charge in [0.05, 0.1) is 16.8 Å². The Hall–Kier alpha value is -2.28. The second-order valence-electron chi connectivity index (χ2n) is 5.08. The second-order valence-corrected chi connectivity index (χ2v) is 6.19. The molecule has 6 nitrogen and oxygen atoms in total. The molecule has 7 heteroatoms. The Morgan fingerprint density at radius 1 is 1.33 bits per heavy atom. The van der Waals surface area contributed by atoms with Gasteiger partial charge in [0.25, 0.3) is 5.91 Å². The molecule has 1 fully saturated rings. The van der Waals surface area contributed by atoms with E-state index in [1.807, 2.05) is 24.3 Å². The van der Waals surface area contributed by atoms with Crippen LogP contribution in [0.15, 0.2) is 24.3 Å². The maximum absolute atomic E-state index is 12.0. The molecule has 1 aliphatic rings. The highest BCUT2D eigenvalue weighted by Gasteiger charge is 2.28. The van der Waals surface area contributed by atoms with Crippen molar-refractivity contribution in [1.82, 2.24) is 25.5 Å². The van der Waals surface area contributed by atoms with Gasteiger partial charge in [-0.3, -0.25) is 9.89 Å². The van der Waals surface area contributed by atoms with Crippen molar-refractivity contribution in [3.05, 3.63) is 40.9 Å². The summed E-state index contributed by atoms with van der Waals surface area (Å²) >= 11 is 1.58. The van der Waals surface area contributed by atoms with Gasteiger partial charge in [-0.25, -0.2) is 9.97 Å². The molecule has 1 aliphatic carbocycles. The third-order valence-electron chi connectivity index (χ3n) is 3.41. The summed E-state index contributed by atoms with van der Waals surface area (Å²) in [6.45, 7) is 0.394. The highest BCUT2D eigenvalue weighted by molar-refractivity contribution is 7.18. The van der Waals surface area contributed by atoms with Crippen molar-refractivity contribution in [3.8, 4) is 0 Å². The van der Waals surface area contributed by atoms with E-state index in [0.717, 1.165) is 33.9 Å². The van der Waals surface area contributed by atoms with Gasteiger partial charge in [0, 0.05) is 5.92 Å². The lowest BCUT2D eigenvalue weighted by atomic mass is 10.3. The highest BCUT2D eigenvalue weighted by atomic mass is 32.1. The van der Waals surface area contributed by atoms with Crippen molar-refractivity contribution in [2.45, 2.75) is 25.3 Å². The Morgan fingerprint density at radius 2 is 2.19 bits per heavy atom. The van der Waals surface area contributed by atoms with Gasteiger partial charge in [0.2, 0.25) is 5.82 Å². The summed E-state index contributed by atoms with van der Waals surface area (Å²) in [6, 6.07) is 7.93. The smallest absolute Gasteiger partial charge is 0.291 e. The number of aromatic nitrogens is 4. The Bertz CT molecular complexity index is 771.